The molecule has 2 rings (SSSR count). The molecule has 19 heavy (non-hydrogen) atoms. The summed E-state index contributed by atoms with van der Waals surface area (Å²) in [7, 11) is 0. The molecule has 2 aromatic rings. The lowest BCUT2D eigenvalue weighted by molar-refractivity contribution is -0.112. The van der Waals surface area contributed by atoms with Crippen molar-refractivity contribution in [1.82, 2.24) is 0 Å². The molecule has 0 bridgehead atoms. The van der Waals surface area contributed by atoms with Gasteiger partial charge in [0.2, 0.25) is 0 Å². The third-order valence-electron chi connectivity index (χ3n) is 3.47. The highest BCUT2D eigenvalue weighted by Crippen LogP contribution is 2.29. The number of hydrogen-bond donors (Lipinski definition) is 0. The summed E-state index contributed by atoms with van der Waals surface area (Å²) in [6.07, 6.45) is 1.78. The van der Waals surface area contributed by atoms with Crippen LogP contribution in [0.1, 0.15) is 25.8 Å². The van der Waals surface area contributed by atoms with Crippen molar-refractivity contribution < 1.29 is 9.53 Å². The van der Waals surface area contributed by atoms with Gasteiger partial charge in [-0.2, -0.15) is 0 Å². The predicted octanol–water partition coefficient (Wildman–Crippen LogP) is 4.35. The molecule has 1 atom stereocenters. The minimum atomic E-state index is -0.448. The van der Waals surface area contributed by atoms with Crippen molar-refractivity contribution in [1.29, 1.82) is 0 Å². The van der Waals surface area contributed by atoms with E-state index in [-0.39, 0.29) is 0 Å². The lowest BCUT2D eigenvalue weighted by Crippen LogP contribution is -2.22. The Morgan fingerprint density at radius 1 is 1.05 bits per heavy atom. The molecule has 0 saturated heterocycles. The van der Waals surface area contributed by atoms with Crippen LogP contribution in [-0.2, 0) is 10.2 Å². The second-order valence-electron chi connectivity index (χ2n) is 4.83. The van der Waals surface area contributed by atoms with Gasteiger partial charge in [-0.3, -0.25) is 0 Å². The van der Waals surface area contributed by atoms with Crippen molar-refractivity contribution in [2.75, 3.05) is 0 Å². The van der Waals surface area contributed by atoms with E-state index in [4.69, 9.17) is 4.74 Å². The van der Waals surface area contributed by atoms with Crippen LogP contribution in [0.15, 0.2) is 54.6 Å². The number of aldehydes is 1. The summed E-state index contributed by atoms with van der Waals surface area (Å²) in [5.74, 6) is 1.55. The quantitative estimate of drug-likeness (QED) is 0.742. The molecule has 0 radical (unpaired) electrons. The Hall–Kier alpha value is -2.09. The summed E-state index contributed by atoms with van der Waals surface area (Å²) in [5, 5.41) is 0. The zero-order valence-corrected chi connectivity index (χ0v) is 11.3. The molecule has 2 heteroatoms. The Bertz CT molecular complexity index is 548. The number of hydrogen-bond acceptors (Lipinski definition) is 2. The standard InChI is InChI=1S/C17H18O2/c1-3-17(2,13-18)14-8-7-11-16(12-14)19-15-9-5-4-6-10-15/h4-13H,3H2,1-2H3. The number of benzene rings is 2. The van der Waals surface area contributed by atoms with Gasteiger partial charge in [0.1, 0.15) is 17.8 Å². The number of rotatable bonds is 5. The largest absolute Gasteiger partial charge is 0.457 e. The summed E-state index contributed by atoms with van der Waals surface area (Å²) in [5.41, 5.74) is 0.536. The molecule has 0 aliphatic heterocycles. The second kappa shape index (κ2) is 5.70. The minimum absolute atomic E-state index is 0.448. The Balaban J connectivity index is 2.27. The summed E-state index contributed by atoms with van der Waals surface area (Å²) in [6, 6.07) is 17.4. The Kier molecular flexibility index (Phi) is 4.00. The van der Waals surface area contributed by atoms with E-state index in [9.17, 15) is 4.79 Å². The highest BCUT2D eigenvalue weighted by atomic mass is 16.5. The van der Waals surface area contributed by atoms with Gasteiger partial charge in [0.05, 0.1) is 0 Å². The van der Waals surface area contributed by atoms with E-state index in [1.807, 2.05) is 68.4 Å². The summed E-state index contributed by atoms with van der Waals surface area (Å²) >= 11 is 0. The first-order valence-corrected chi connectivity index (χ1v) is 6.48. The van der Waals surface area contributed by atoms with E-state index >= 15 is 0 Å². The second-order valence-corrected chi connectivity index (χ2v) is 4.83. The fraction of sp³-hybridized carbons (Fsp3) is 0.235. The van der Waals surface area contributed by atoms with Crippen LogP contribution in [0.3, 0.4) is 0 Å². The van der Waals surface area contributed by atoms with E-state index in [1.165, 1.54) is 0 Å². The molecule has 2 aromatic carbocycles. The lowest BCUT2D eigenvalue weighted by Gasteiger charge is -2.22. The smallest absolute Gasteiger partial charge is 0.130 e. The van der Waals surface area contributed by atoms with Gasteiger partial charge in [-0.15, -0.1) is 0 Å². The van der Waals surface area contributed by atoms with Crippen molar-refractivity contribution >= 4 is 6.29 Å². The third kappa shape index (κ3) is 3.02. The molecular formula is C17H18O2. The van der Waals surface area contributed by atoms with Crippen LogP contribution in [0.2, 0.25) is 0 Å². The summed E-state index contributed by atoms with van der Waals surface area (Å²) in [6.45, 7) is 3.96. The van der Waals surface area contributed by atoms with Gasteiger partial charge in [-0.05, 0) is 43.2 Å². The van der Waals surface area contributed by atoms with Crippen molar-refractivity contribution in [3.8, 4) is 11.5 Å². The molecule has 0 amide bonds. The molecule has 1 unspecified atom stereocenters. The molecule has 0 heterocycles. The molecule has 0 fully saturated rings. The number of para-hydroxylation sites is 1. The van der Waals surface area contributed by atoms with E-state index in [0.717, 1.165) is 29.8 Å². The van der Waals surface area contributed by atoms with Gasteiger partial charge in [0.25, 0.3) is 0 Å². The monoisotopic (exact) mass is 254 g/mol. The molecule has 2 nitrogen and oxygen atoms in total. The van der Waals surface area contributed by atoms with Crippen LogP contribution in [0.5, 0.6) is 11.5 Å². The van der Waals surface area contributed by atoms with Crippen molar-refractivity contribution in [3.63, 3.8) is 0 Å². The van der Waals surface area contributed by atoms with Crippen LogP contribution < -0.4 is 4.74 Å². The molecule has 0 saturated carbocycles. The molecule has 0 aliphatic rings. The molecule has 98 valence electrons. The molecule has 0 aliphatic carbocycles. The van der Waals surface area contributed by atoms with Gasteiger partial charge in [-0.25, -0.2) is 0 Å². The van der Waals surface area contributed by atoms with Gasteiger partial charge in [-0.1, -0.05) is 37.3 Å². The maximum Gasteiger partial charge on any atom is 0.130 e. The molecule has 0 N–H and O–H groups in total. The fourth-order valence-electron chi connectivity index (χ4n) is 1.89. The fourth-order valence-corrected chi connectivity index (χ4v) is 1.89. The Morgan fingerprint density at radius 2 is 1.74 bits per heavy atom. The van der Waals surface area contributed by atoms with Crippen molar-refractivity contribution in [2.24, 2.45) is 0 Å². The van der Waals surface area contributed by atoms with E-state index < -0.39 is 5.41 Å². The summed E-state index contributed by atoms with van der Waals surface area (Å²) in [4.78, 5) is 11.3. The highest BCUT2D eigenvalue weighted by molar-refractivity contribution is 5.68. The highest BCUT2D eigenvalue weighted by Gasteiger charge is 2.24. The average Bonchev–Trinajstić information content (AvgIpc) is 2.48. The Morgan fingerprint density at radius 3 is 2.37 bits per heavy atom. The third-order valence-corrected chi connectivity index (χ3v) is 3.47. The average molecular weight is 254 g/mol. The van der Waals surface area contributed by atoms with Crippen molar-refractivity contribution in [2.45, 2.75) is 25.7 Å². The van der Waals surface area contributed by atoms with Gasteiger partial charge < -0.3 is 9.53 Å². The molecular weight excluding hydrogens is 236 g/mol. The molecule has 0 aromatic heterocycles. The van der Waals surface area contributed by atoms with E-state index in [0.29, 0.717) is 0 Å². The van der Waals surface area contributed by atoms with Crippen molar-refractivity contribution in [3.05, 3.63) is 60.2 Å². The molecule has 0 spiro atoms. The maximum absolute atomic E-state index is 11.3. The summed E-state index contributed by atoms with van der Waals surface area (Å²) < 4.78 is 5.79. The normalized spacial score (nSPS) is 13.6. The first kappa shape index (κ1) is 13.3. The van der Waals surface area contributed by atoms with Gasteiger partial charge in [0.15, 0.2) is 0 Å². The van der Waals surface area contributed by atoms with E-state index in [2.05, 4.69) is 0 Å². The zero-order chi connectivity index (χ0) is 13.7. The Labute approximate surface area is 114 Å². The van der Waals surface area contributed by atoms with E-state index in [1.54, 1.807) is 0 Å². The number of carbonyl (C=O) groups excluding carboxylic acids is 1. The van der Waals surface area contributed by atoms with Gasteiger partial charge in [0, 0.05) is 5.41 Å². The first-order valence-electron chi connectivity index (χ1n) is 6.48. The van der Waals surface area contributed by atoms with Crippen LogP contribution in [0.4, 0.5) is 0 Å². The zero-order valence-electron chi connectivity index (χ0n) is 11.3. The topological polar surface area (TPSA) is 26.3 Å². The number of carbonyl (C=O) groups is 1. The lowest BCUT2D eigenvalue weighted by atomic mass is 9.81. The van der Waals surface area contributed by atoms with Gasteiger partial charge >= 0.3 is 0 Å². The predicted molar refractivity (Wildman–Crippen MR) is 76.7 cm³/mol. The van der Waals surface area contributed by atoms with Crippen LogP contribution in [-0.4, -0.2) is 6.29 Å². The van der Waals surface area contributed by atoms with Crippen LogP contribution >= 0.6 is 0 Å². The minimum Gasteiger partial charge on any atom is -0.457 e. The number of ether oxygens (including phenoxy) is 1. The van der Waals surface area contributed by atoms with Crippen LogP contribution in [0, 0.1) is 0 Å². The van der Waals surface area contributed by atoms with Crippen LogP contribution in [0.25, 0.3) is 0 Å². The SMILES string of the molecule is CCC(C)(C=O)c1cccc(Oc2ccccc2)c1. The first-order chi connectivity index (χ1) is 9.18. The maximum atomic E-state index is 11.3.